The van der Waals surface area contributed by atoms with Crippen LogP contribution in [-0.2, 0) is 16.1 Å². The lowest BCUT2D eigenvalue weighted by molar-refractivity contribution is -0.117. The maximum absolute atomic E-state index is 12.4. The molecule has 0 saturated carbocycles. The Balaban J connectivity index is 1.53. The van der Waals surface area contributed by atoms with Crippen LogP contribution in [0.25, 0.3) is 11.1 Å². The van der Waals surface area contributed by atoms with Crippen molar-refractivity contribution in [3.05, 3.63) is 36.2 Å². The number of piperidine rings is 1. The second-order valence-corrected chi connectivity index (χ2v) is 10.1. The van der Waals surface area contributed by atoms with E-state index in [2.05, 4.69) is 27.6 Å². The zero-order valence-corrected chi connectivity index (χ0v) is 21.2. The molecular weight excluding hydrogens is 444 g/mol. The summed E-state index contributed by atoms with van der Waals surface area (Å²) in [6.07, 6.45) is 5.99. The molecule has 0 aliphatic carbocycles. The van der Waals surface area contributed by atoms with Crippen LogP contribution in [-0.4, -0.2) is 64.5 Å². The van der Waals surface area contributed by atoms with Gasteiger partial charge >= 0.3 is 6.09 Å². The van der Waals surface area contributed by atoms with E-state index in [0.29, 0.717) is 12.5 Å². The number of aromatic nitrogens is 2. The summed E-state index contributed by atoms with van der Waals surface area (Å²) < 4.78 is 7.30. The van der Waals surface area contributed by atoms with E-state index >= 15 is 0 Å². The fourth-order valence-corrected chi connectivity index (χ4v) is 5.11. The van der Waals surface area contributed by atoms with Crippen molar-refractivity contribution in [2.75, 3.05) is 24.5 Å². The van der Waals surface area contributed by atoms with Gasteiger partial charge in [0.2, 0.25) is 5.91 Å². The Labute approximate surface area is 207 Å². The molecular formula is C26H38N6O3. The van der Waals surface area contributed by atoms with E-state index in [4.69, 9.17) is 10.5 Å². The first kappa shape index (κ1) is 25.2. The molecule has 9 heteroatoms. The molecule has 0 unspecified atom stereocenters. The Kier molecular flexibility index (Phi) is 7.76. The molecule has 1 aromatic carbocycles. The number of rotatable bonds is 6. The highest BCUT2D eigenvalue weighted by Crippen LogP contribution is 2.39. The van der Waals surface area contributed by atoms with Crippen molar-refractivity contribution in [3.63, 3.8) is 0 Å². The molecule has 9 nitrogen and oxygen atoms in total. The zero-order chi connectivity index (χ0) is 25.1. The Morgan fingerprint density at radius 1 is 1.20 bits per heavy atom. The summed E-state index contributed by atoms with van der Waals surface area (Å²) in [7, 11) is 0. The molecule has 2 amide bonds. The number of likely N-dealkylation sites (tertiary alicyclic amines) is 1. The van der Waals surface area contributed by atoms with Crippen LogP contribution >= 0.6 is 0 Å². The van der Waals surface area contributed by atoms with Gasteiger partial charge in [0.05, 0.1) is 24.9 Å². The minimum absolute atomic E-state index is 0.0128. The third kappa shape index (κ3) is 6.02. The number of carbonyl (C=O) groups is 2. The number of benzene rings is 1. The van der Waals surface area contributed by atoms with E-state index in [1.165, 1.54) is 0 Å². The van der Waals surface area contributed by atoms with Crippen molar-refractivity contribution in [1.82, 2.24) is 20.0 Å². The largest absolute Gasteiger partial charge is 0.447 e. The van der Waals surface area contributed by atoms with Gasteiger partial charge in [-0.15, -0.1) is 0 Å². The molecule has 190 valence electrons. The summed E-state index contributed by atoms with van der Waals surface area (Å²) in [6, 6.07) is 6.09. The van der Waals surface area contributed by atoms with Crippen molar-refractivity contribution in [3.8, 4) is 11.1 Å². The minimum Gasteiger partial charge on any atom is -0.447 e. The first-order valence-corrected chi connectivity index (χ1v) is 12.6. The summed E-state index contributed by atoms with van der Waals surface area (Å²) in [4.78, 5) is 29.1. The van der Waals surface area contributed by atoms with E-state index in [-0.39, 0.29) is 24.1 Å². The predicted octanol–water partition coefficient (Wildman–Crippen LogP) is 3.29. The number of nitrogens with two attached hydrogens (primary N) is 1. The highest BCUT2D eigenvalue weighted by Gasteiger charge is 2.34. The molecule has 3 heterocycles. The SMILES string of the molecule is CC(=O)N1c2ccc(-c3cnn(CCN4CCC(N)CC4)c3)cc2[C@@H](NC(=O)OC(C)C)C[C@H]1C. The second-order valence-electron chi connectivity index (χ2n) is 10.1. The number of hydrogen-bond donors (Lipinski definition) is 2. The van der Waals surface area contributed by atoms with Crippen LogP contribution in [0.4, 0.5) is 10.5 Å². The fourth-order valence-electron chi connectivity index (χ4n) is 5.11. The van der Waals surface area contributed by atoms with Crippen LogP contribution in [0.15, 0.2) is 30.6 Å². The number of nitrogens with zero attached hydrogens (tertiary/aromatic N) is 4. The van der Waals surface area contributed by atoms with E-state index in [9.17, 15) is 9.59 Å². The number of carbonyl (C=O) groups excluding carboxylic acids is 2. The van der Waals surface area contributed by atoms with E-state index in [0.717, 1.165) is 61.4 Å². The Morgan fingerprint density at radius 2 is 1.94 bits per heavy atom. The lowest BCUT2D eigenvalue weighted by Crippen LogP contribution is -2.45. The summed E-state index contributed by atoms with van der Waals surface area (Å²) >= 11 is 0. The quantitative estimate of drug-likeness (QED) is 0.655. The molecule has 1 fully saturated rings. The topological polar surface area (TPSA) is 106 Å². The third-order valence-electron chi connectivity index (χ3n) is 6.90. The number of anilines is 1. The van der Waals surface area contributed by atoms with Crippen LogP contribution in [0, 0.1) is 0 Å². The van der Waals surface area contributed by atoms with Crippen molar-refractivity contribution < 1.29 is 14.3 Å². The van der Waals surface area contributed by atoms with Gasteiger partial charge in [-0.3, -0.25) is 9.48 Å². The van der Waals surface area contributed by atoms with Gasteiger partial charge in [0.1, 0.15) is 0 Å². The first-order chi connectivity index (χ1) is 16.7. The standard InChI is InChI=1S/C26H38N6O3/c1-17(2)35-26(34)29-24-13-18(3)32(19(4)33)25-6-5-20(14-23(24)25)21-15-28-31(16-21)12-11-30-9-7-22(27)8-10-30/h5-6,14-18,22,24H,7-13,27H2,1-4H3,(H,29,34)/t18-,24+/m1/s1. The normalized spacial score (nSPS) is 21.1. The van der Waals surface area contributed by atoms with Gasteiger partial charge in [0.25, 0.3) is 0 Å². The number of hydrogen-bond acceptors (Lipinski definition) is 6. The summed E-state index contributed by atoms with van der Waals surface area (Å²) in [5.74, 6) is -0.0128. The van der Waals surface area contributed by atoms with Crippen molar-refractivity contribution in [2.45, 2.75) is 77.7 Å². The van der Waals surface area contributed by atoms with Gasteiger partial charge < -0.3 is 25.6 Å². The Hall–Kier alpha value is -2.91. The zero-order valence-electron chi connectivity index (χ0n) is 21.2. The fraction of sp³-hybridized carbons (Fsp3) is 0.577. The van der Waals surface area contributed by atoms with Crippen LogP contribution in [0.5, 0.6) is 0 Å². The Morgan fingerprint density at radius 3 is 2.63 bits per heavy atom. The molecule has 1 saturated heterocycles. The van der Waals surface area contributed by atoms with Crippen LogP contribution in [0.2, 0.25) is 0 Å². The number of fused-ring (bicyclic) bond motifs is 1. The molecule has 2 atom stereocenters. The second kappa shape index (κ2) is 10.8. The molecule has 2 aliphatic heterocycles. The van der Waals surface area contributed by atoms with Crippen molar-refractivity contribution >= 4 is 17.7 Å². The lowest BCUT2D eigenvalue weighted by atomic mass is 9.89. The summed E-state index contributed by atoms with van der Waals surface area (Å²) in [6.45, 7) is 11.1. The van der Waals surface area contributed by atoms with Crippen molar-refractivity contribution in [1.29, 1.82) is 0 Å². The van der Waals surface area contributed by atoms with Gasteiger partial charge in [0, 0.05) is 43.0 Å². The average Bonchev–Trinajstić information content (AvgIpc) is 3.27. The predicted molar refractivity (Wildman–Crippen MR) is 136 cm³/mol. The summed E-state index contributed by atoms with van der Waals surface area (Å²) in [5, 5.41) is 7.58. The lowest BCUT2D eigenvalue weighted by Gasteiger charge is -2.39. The van der Waals surface area contributed by atoms with Gasteiger partial charge in [-0.2, -0.15) is 5.10 Å². The van der Waals surface area contributed by atoms with Gasteiger partial charge in [-0.25, -0.2) is 4.79 Å². The Bertz CT molecular complexity index is 1040. The highest BCUT2D eigenvalue weighted by atomic mass is 16.6. The van der Waals surface area contributed by atoms with E-state index in [1.54, 1.807) is 11.8 Å². The smallest absolute Gasteiger partial charge is 0.407 e. The van der Waals surface area contributed by atoms with Gasteiger partial charge in [-0.1, -0.05) is 6.07 Å². The van der Waals surface area contributed by atoms with E-state index in [1.807, 2.05) is 43.8 Å². The maximum Gasteiger partial charge on any atom is 0.407 e. The maximum atomic E-state index is 12.4. The average molecular weight is 483 g/mol. The molecule has 3 N–H and O–H groups in total. The number of alkyl carbamates (subject to hydrolysis) is 1. The van der Waals surface area contributed by atoms with Crippen LogP contribution < -0.4 is 16.0 Å². The van der Waals surface area contributed by atoms with E-state index < -0.39 is 6.09 Å². The highest BCUT2D eigenvalue weighted by molar-refractivity contribution is 5.94. The number of amides is 2. The van der Waals surface area contributed by atoms with Crippen molar-refractivity contribution in [2.24, 2.45) is 5.73 Å². The molecule has 0 bridgehead atoms. The van der Waals surface area contributed by atoms with Gasteiger partial charge in [-0.05, 0) is 76.4 Å². The van der Waals surface area contributed by atoms with Crippen LogP contribution in [0.3, 0.4) is 0 Å². The number of ether oxygens (including phenoxy) is 1. The molecule has 0 spiro atoms. The monoisotopic (exact) mass is 482 g/mol. The molecule has 4 rings (SSSR count). The van der Waals surface area contributed by atoms with Crippen LogP contribution in [0.1, 0.15) is 58.6 Å². The molecule has 2 aromatic rings. The third-order valence-corrected chi connectivity index (χ3v) is 6.90. The minimum atomic E-state index is -0.448. The van der Waals surface area contributed by atoms with Gasteiger partial charge in [0.15, 0.2) is 0 Å². The molecule has 0 radical (unpaired) electrons. The molecule has 1 aromatic heterocycles. The summed E-state index contributed by atoms with van der Waals surface area (Å²) in [5.41, 5.74) is 9.76. The number of nitrogens with one attached hydrogen (secondary N) is 1. The molecule has 2 aliphatic rings. The first-order valence-electron chi connectivity index (χ1n) is 12.6. The molecule has 35 heavy (non-hydrogen) atoms.